The lowest BCUT2D eigenvalue weighted by atomic mass is 10.3. The molecule has 0 saturated heterocycles. The zero-order valence-corrected chi connectivity index (χ0v) is 14.0. The lowest BCUT2D eigenvalue weighted by Crippen LogP contribution is -2.11. The summed E-state index contributed by atoms with van der Waals surface area (Å²) in [7, 11) is 3.41. The van der Waals surface area contributed by atoms with Gasteiger partial charge >= 0.3 is 0 Å². The molecule has 3 rings (SSSR count). The molecular formula is C14H16N8OS. The number of hydrogen-bond acceptors (Lipinski definition) is 9. The van der Waals surface area contributed by atoms with E-state index in [1.165, 1.54) is 0 Å². The van der Waals surface area contributed by atoms with Crippen LogP contribution in [0.3, 0.4) is 0 Å². The van der Waals surface area contributed by atoms with Gasteiger partial charge in [-0.15, -0.1) is 10.2 Å². The quantitative estimate of drug-likeness (QED) is 0.594. The summed E-state index contributed by atoms with van der Waals surface area (Å²) in [5.41, 5.74) is 6.52. The molecule has 0 fully saturated rings. The molecule has 124 valence electrons. The van der Waals surface area contributed by atoms with Crippen molar-refractivity contribution >= 4 is 30.2 Å². The molecule has 1 atom stereocenters. The van der Waals surface area contributed by atoms with E-state index in [1.807, 2.05) is 31.3 Å². The van der Waals surface area contributed by atoms with E-state index in [-0.39, 0.29) is 5.95 Å². The Balaban J connectivity index is 1.93. The van der Waals surface area contributed by atoms with E-state index < -0.39 is 5.25 Å². The van der Waals surface area contributed by atoms with Crippen LogP contribution in [0, 0.1) is 0 Å². The standard InChI is InChI=1S/C14H16N8OS/c1-22-7-16-21-12(22)10(24)11-18-13(15)20-14(19-11)17-8-5-3-4-6-9(8)23-2/h3-7,10,24H,1-2H3,(H3,15,17,18,19,20). The van der Waals surface area contributed by atoms with Crippen molar-refractivity contribution < 1.29 is 4.74 Å². The van der Waals surface area contributed by atoms with Crippen LogP contribution in [0.1, 0.15) is 16.9 Å². The molecule has 2 aromatic heterocycles. The second-order valence-electron chi connectivity index (χ2n) is 4.90. The van der Waals surface area contributed by atoms with Crippen LogP contribution in [0.4, 0.5) is 17.6 Å². The van der Waals surface area contributed by atoms with E-state index in [9.17, 15) is 0 Å². The topological polar surface area (TPSA) is 117 Å². The average molecular weight is 344 g/mol. The number of nitrogens with one attached hydrogen (secondary N) is 1. The molecule has 0 radical (unpaired) electrons. The Labute approximate surface area is 143 Å². The van der Waals surface area contributed by atoms with Gasteiger partial charge in [-0.1, -0.05) is 12.1 Å². The Kier molecular flexibility index (Phi) is 4.47. The summed E-state index contributed by atoms with van der Waals surface area (Å²) in [4.78, 5) is 12.6. The van der Waals surface area contributed by atoms with Gasteiger partial charge in [0.2, 0.25) is 11.9 Å². The van der Waals surface area contributed by atoms with E-state index in [1.54, 1.807) is 18.0 Å². The number of thiol groups is 1. The molecule has 1 unspecified atom stereocenters. The van der Waals surface area contributed by atoms with Crippen LogP contribution in [0.5, 0.6) is 5.75 Å². The fourth-order valence-electron chi connectivity index (χ4n) is 2.11. The average Bonchev–Trinajstić information content (AvgIpc) is 3.00. The van der Waals surface area contributed by atoms with Gasteiger partial charge in [0.25, 0.3) is 0 Å². The number of aromatic nitrogens is 6. The Morgan fingerprint density at radius 2 is 2.04 bits per heavy atom. The van der Waals surface area contributed by atoms with Crippen molar-refractivity contribution in [3.8, 4) is 5.75 Å². The number of ether oxygens (including phenoxy) is 1. The van der Waals surface area contributed by atoms with Crippen molar-refractivity contribution in [2.45, 2.75) is 5.25 Å². The van der Waals surface area contributed by atoms with Gasteiger partial charge in [-0.05, 0) is 12.1 Å². The van der Waals surface area contributed by atoms with Gasteiger partial charge in [-0.25, -0.2) is 0 Å². The molecule has 9 nitrogen and oxygen atoms in total. The summed E-state index contributed by atoms with van der Waals surface area (Å²) in [5.74, 6) is 2.02. The van der Waals surface area contributed by atoms with Gasteiger partial charge in [-0.3, -0.25) is 0 Å². The van der Waals surface area contributed by atoms with E-state index in [4.69, 9.17) is 10.5 Å². The number of hydrogen-bond donors (Lipinski definition) is 3. The van der Waals surface area contributed by atoms with Crippen molar-refractivity contribution in [3.05, 3.63) is 42.2 Å². The lowest BCUT2D eigenvalue weighted by Gasteiger charge is -2.12. The molecule has 0 amide bonds. The molecule has 24 heavy (non-hydrogen) atoms. The lowest BCUT2D eigenvalue weighted by molar-refractivity contribution is 0.417. The fourth-order valence-corrected chi connectivity index (χ4v) is 2.46. The van der Waals surface area contributed by atoms with E-state index in [2.05, 4.69) is 43.1 Å². The molecule has 3 aromatic rings. The van der Waals surface area contributed by atoms with Crippen molar-refractivity contribution in [2.24, 2.45) is 7.05 Å². The van der Waals surface area contributed by atoms with Gasteiger partial charge in [-0.2, -0.15) is 27.6 Å². The van der Waals surface area contributed by atoms with Crippen LogP contribution in [0.25, 0.3) is 0 Å². The minimum Gasteiger partial charge on any atom is -0.495 e. The zero-order valence-electron chi connectivity index (χ0n) is 13.1. The molecule has 0 aliphatic carbocycles. The number of aryl methyl sites for hydroxylation is 1. The highest BCUT2D eigenvalue weighted by Gasteiger charge is 2.20. The van der Waals surface area contributed by atoms with Crippen LogP contribution in [-0.4, -0.2) is 36.8 Å². The molecular weight excluding hydrogens is 328 g/mol. The number of nitrogen functional groups attached to an aromatic ring is 1. The minimum atomic E-state index is -0.485. The first-order chi connectivity index (χ1) is 11.6. The van der Waals surface area contributed by atoms with Gasteiger partial charge in [0, 0.05) is 7.05 Å². The molecule has 0 saturated carbocycles. The van der Waals surface area contributed by atoms with Gasteiger partial charge in [0.1, 0.15) is 17.3 Å². The third-order valence-corrected chi connectivity index (χ3v) is 3.72. The van der Waals surface area contributed by atoms with Gasteiger partial charge in [0.05, 0.1) is 12.8 Å². The minimum absolute atomic E-state index is 0.0821. The van der Waals surface area contributed by atoms with Crippen LogP contribution in [0.15, 0.2) is 30.6 Å². The molecule has 0 bridgehead atoms. The Bertz CT molecular complexity index is 852. The van der Waals surface area contributed by atoms with Crippen molar-refractivity contribution in [1.29, 1.82) is 0 Å². The largest absolute Gasteiger partial charge is 0.495 e. The van der Waals surface area contributed by atoms with Crippen LogP contribution in [-0.2, 0) is 7.05 Å². The first-order valence-corrected chi connectivity index (χ1v) is 7.53. The van der Waals surface area contributed by atoms with Gasteiger partial charge in [0.15, 0.2) is 11.6 Å². The van der Waals surface area contributed by atoms with E-state index in [0.29, 0.717) is 29.0 Å². The maximum atomic E-state index is 5.80. The van der Waals surface area contributed by atoms with Crippen LogP contribution < -0.4 is 15.8 Å². The number of benzene rings is 1. The summed E-state index contributed by atoms with van der Waals surface area (Å²) < 4.78 is 7.04. The molecule has 3 N–H and O–H groups in total. The fraction of sp³-hybridized carbons (Fsp3) is 0.214. The maximum Gasteiger partial charge on any atom is 0.232 e. The highest BCUT2D eigenvalue weighted by atomic mass is 32.1. The second kappa shape index (κ2) is 6.71. The summed E-state index contributed by atoms with van der Waals surface area (Å²) in [6.45, 7) is 0. The van der Waals surface area contributed by atoms with Gasteiger partial charge < -0.3 is 20.4 Å². The number of para-hydroxylation sites is 2. The number of nitrogens with two attached hydrogens (primary N) is 1. The normalized spacial score (nSPS) is 12.0. The number of anilines is 3. The van der Waals surface area contributed by atoms with Crippen molar-refractivity contribution in [1.82, 2.24) is 29.7 Å². The van der Waals surface area contributed by atoms with E-state index >= 15 is 0 Å². The SMILES string of the molecule is COc1ccccc1Nc1nc(N)nc(C(S)c2nncn2C)n1. The van der Waals surface area contributed by atoms with Crippen molar-refractivity contribution in [3.63, 3.8) is 0 Å². The smallest absolute Gasteiger partial charge is 0.232 e. The highest BCUT2D eigenvalue weighted by molar-refractivity contribution is 7.80. The predicted octanol–water partition coefficient (Wildman–Crippen LogP) is 1.35. The summed E-state index contributed by atoms with van der Waals surface area (Å²) in [6.07, 6.45) is 1.58. The number of methoxy groups -OCH3 is 1. The summed E-state index contributed by atoms with van der Waals surface area (Å²) in [5, 5.41) is 10.4. The third kappa shape index (κ3) is 3.23. The van der Waals surface area contributed by atoms with Crippen LogP contribution in [0.2, 0.25) is 0 Å². The van der Waals surface area contributed by atoms with Crippen LogP contribution >= 0.6 is 12.6 Å². The molecule has 0 aliphatic rings. The monoisotopic (exact) mass is 344 g/mol. The molecule has 10 heteroatoms. The first-order valence-electron chi connectivity index (χ1n) is 7.02. The summed E-state index contributed by atoms with van der Waals surface area (Å²) >= 11 is 4.52. The predicted molar refractivity (Wildman–Crippen MR) is 92.3 cm³/mol. The molecule has 0 spiro atoms. The summed E-state index contributed by atoms with van der Waals surface area (Å²) in [6, 6.07) is 7.42. The maximum absolute atomic E-state index is 5.80. The number of rotatable bonds is 5. The molecule has 1 aromatic carbocycles. The molecule has 0 aliphatic heterocycles. The zero-order chi connectivity index (χ0) is 17.1. The van der Waals surface area contributed by atoms with E-state index in [0.717, 1.165) is 0 Å². The number of nitrogens with zero attached hydrogens (tertiary/aromatic N) is 6. The Morgan fingerprint density at radius 1 is 1.25 bits per heavy atom. The highest BCUT2D eigenvalue weighted by Crippen LogP contribution is 2.28. The molecule has 2 heterocycles. The first kappa shape index (κ1) is 16.0. The third-order valence-electron chi connectivity index (χ3n) is 3.26. The second-order valence-corrected chi connectivity index (χ2v) is 5.42. The van der Waals surface area contributed by atoms with Crippen molar-refractivity contribution in [2.75, 3.05) is 18.2 Å². The Morgan fingerprint density at radius 3 is 2.75 bits per heavy atom. The Hall–Kier alpha value is -2.88.